The Bertz CT molecular complexity index is 717. The first kappa shape index (κ1) is 14.8. The lowest BCUT2D eigenvalue weighted by Gasteiger charge is -2.11. The van der Waals surface area contributed by atoms with Gasteiger partial charge in [-0.15, -0.1) is 11.3 Å². The Hall–Kier alpha value is -2.12. The molecule has 5 nitrogen and oxygen atoms in total. The van der Waals surface area contributed by atoms with Crippen LogP contribution < -0.4 is 10.9 Å². The van der Waals surface area contributed by atoms with Crippen LogP contribution >= 0.6 is 22.9 Å². The van der Waals surface area contributed by atoms with E-state index in [0.29, 0.717) is 22.2 Å². The lowest BCUT2D eigenvalue weighted by atomic mass is 10.1. The quantitative estimate of drug-likeness (QED) is 0.841. The van der Waals surface area contributed by atoms with Gasteiger partial charge in [0.05, 0.1) is 14.9 Å². The molecule has 1 aromatic heterocycles. The zero-order chi connectivity index (χ0) is 15.5. The fraction of sp³-hybridized carbons (Fsp3) is 0.143. The second kappa shape index (κ2) is 6.33. The van der Waals surface area contributed by atoms with Gasteiger partial charge in [0.25, 0.3) is 5.91 Å². The molecule has 1 atom stereocenters. The van der Waals surface area contributed by atoms with Crippen LogP contribution in [0, 0.1) is 5.82 Å². The van der Waals surface area contributed by atoms with Crippen molar-refractivity contribution in [3.05, 3.63) is 51.4 Å². The summed E-state index contributed by atoms with van der Waals surface area (Å²) in [6.45, 7) is 0. The molecule has 0 aliphatic carbocycles. The maximum Gasteiger partial charge on any atom is 0.282 e. The van der Waals surface area contributed by atoms with Gasteiger partial charge < -0.3 is 4.84 Å². The Morgan fingerprint density at radius 3 is 2.77 bits per heavy atom. The predicted octanol–water partition coefficient (Wildman–Crippen LogP) is 3.18. The standard InChI is InChI=1S/C14H11ClFN3O2S/c15-13-6-5-12(22-13)10-7-11(21-19-10)14(20)18-17-9-3-1-8(16)2-4-9/h1-6,11,17H,7H2,(H,18,20)/t11-/m1/s1. The van der Waals surface area contributed by atoms with Crippen LogP contribution in [-0.4, -0.2) is 17.7 Å². The maximum atomic E-state index is 12.8. The van der Waals surface area contributed by atoms with Crippen molar-refractivity contribution in [2.24, 2.45) is 5.16 Å². The van der Waals surface area contributed by atoms with Crippen molar-refractivity contribution < 1.29 is 14.0 Å². The number of rotatable bonds is 4. The van der Waals surface area contributed by atoms with Crippen molar-refractivity contribution in [3.63, 3.8) is 0 Å². The topological polar surface area (TPSA) is 62.7 Å². The summed E-state index contributed by atoms with van der Waals surface area (Å²) < 4.78 is 13.4. The molecule has 1 aromatic carbocycles. The van der Waals surface area contributed by atoms with Crippen LogP contribution in [0.5, 0.6) is 0 Å². The molecule has 0 radical (unpaired) electrons. The summed E-state index contributed by atoms with van der Waals surface area (Å²) in [5.74, 6) is -0.700. The predicted molar refractivity (Wildman–Crippen MR) is 83.5 cm³/mol. The van der Waals surface area contributed by atoms with E-state index in [1.165, 1.54) is 35.6 Å². The number of nitrogens with zero attached hydrogens (tertiary/aromatic N) is 1. The highest BCUT2D eigenvalue weighted by Gasteiger charge is 2.29. The first-order valence-corrected chi connectivity index (χ1v) is 7.61. The molecule has 2 N–H and O–H groups in total. The summed E-state index contributed by atoms with van der Waals surface area (Å²) in [6.07, 6.45) is -0.336. The highest BCUT2D eigenvalue weighted by Crippen LogP contribution is 2.26. The molecule has 0 bridgehead atoms. The number of hydrazine groups is 1. The highest BCUT2D eigenvalue weighted by molar-refractivity contribution is 7.18. The van der Waals surface area contributed by atoms with Gasteiger partial charge in [-0.1, -0.05) is 16.8 Å². The third kappa shape index (κ3) is 3.37. The van der Waals surface area contributed by atoms with Gasteiger partial charge in [-0.25, -0.2) is 4.39 Å². The summed E-state index contributed by atoms with van der Waals surface area (Å²) in [4.78, 5) is 18.0. The Morgan fingerprint density at radius 2 is 2.09 bits per heavy atom. The van der Waals surface area contributed by atoms with Gasteiger partial charge in [0, 0.05) is 6.42 Å². The minimum Gasteiger partial charge on any atom is -0.382 e. The zero-order valence-corrected chi connectivity index (χ0v) is 12.7. The summed E-state index contributed by atoms with van der Waals surface area (Å²) in [5, 5.41) is 3.92. The Kier molecular flexibility index (Phi) is 4.26. The van der Waals surface area contributed by atoms with Crippen molar-refractivity contribution in [3.8, 4) is 0 Å². The monoisotopic (exact) mass is 339 g/mol. The molecule has 3 rings (SSSR count). The number of amides is 1. The van der Waals surface area contributed by atoms with Crippen molar-refractivity contribution in [2.75, 3.05) is 5.43 Å². The number of hydrogen-bond acceptors (Lipinski definition) is 5. The average molecular weight is 340 g/mol. The van der Waals surface area contributed by atoms with Crippen LogP contribution in [0.2, 0.25) is 4.34 Å². The zero-order valence-electron chi connectivity index (χ0n) is 11.2. The van der Waals surface area contributed by atoms with E-state index < -0.39 is 6.10 Å². The number of carbonyl (C=O) groups excluding carboxylic acids is 1. The molecule has 114 valence electrons. The molecule has 0 spiro atoms. The van der Waals surface area contributed by atoms with E-state index in [0.717, 1.165) is 4.88 Å². The highest BCUT2D eigenvalue weighted by atomic mass is 35.5. The molecule has 0 unspecified atom stereocenters. The number of oxime groups is 1. The first-order valence-electron chi connectivity index (χ1n) is 6.41. The van der Waals surface area contributed by atoms with Gasteiger partial charge in [0.15, 0.2) is 0 Å². The molecule has 22 heavy (non-hydrogen) atoms. The van der Waals surface area contributed by atoms with Gasteiger partial charge in [-0.2, -0.15) is 0 Å². The largest absolute Gasteiger partial charge is 0.382 e. The number of halogens is 2. The van der Waals surface area contributed by atoms with E-state index in [-0.39, 0.29) is 11.7 Å². The fourth-order valence-corrected chi connectivity index (χ4v) is 2.91. The van der Waals surface area contributed by atoms with Crippen molar-refractivity contribution in [1.29, 1.82) is 0 Å². The number of nitrogens with one attached hydrogen (secondary N) is 2. The summed E-state index contributed by atoms with van der Waals surface area (Å²) in [7, 11) is 0. The van der Waals surface area contributed by atoms with Crippen LogP contribution in [0.3, 0.4) is 0 Å². The summed E-state index contributed by atoms with van der Waals surface area (Å²) >= 11 is 7.26. The van der Waals surface area contributed by atoms with E-state index in [4.69, 9.17) is 16.4 Å². The fourth-order valence-electron chi connectivity index (χ4n) is 1.88. The van der Waals surface area contributed by atoms with E-state index in [9.17, 15) is 9.18 Å². The number of carbonyl (C=O) groups is 1. The molecule has 1 aliphatic heterocycles. The number of thiophene rings is 1. The number of hydrogen-bond donors (Lipinski definition) is 2. The average Bonchev–Trinajstić information content (AvgIpc) is 3.15. The Balaban J connectivity index is 1.53. The van der Waals surface area contributed by atoms with Crippen molar-refractivity contribution in [2.45, 2.75) is 12.5 Å². The van der Waals surface area contributed by atoms with Crippen molar-refractivity contribution in [1.82, 2.24) is 5.43 Å². The molecule has 8 heteroatoms. The number of benzene rings is 1. The summed E-state index contributed by atoms with van der Waals surface area (Å²) in [6, 6.07) is 9.23. The molecule has 2 heterocycles. The van der Waals surface area contributed by atoms with Gasteiger partial charge in [-0.05, 0) is 36.4 Å². The van der Waals surface area contributed by atoms with E-state index in [1.807, 2.05) is 6.07 Å². The Morgan fingerprint density at radius 1 is 1.32 bits per heavy atom. The second-order valence-electron chi connectivity index (χ2n) is 4.56. The van der Waals surface area contributed by atoms with Crippen LogP contribution in [0.15, 0.2) is 41.6 Å². The van der Waals surface area contributed by atoms with Gasteiger partial charge in [0.1, 0.15) is 11.5 Å². The van der Waals surface area contributed by atoms with Crippen LogP contribution in [0.4, 0.5) is 10.1 Å². The molecule has 0 fully saturated rings. The third-order valence-corrected chi connectivity index (χ3v) is 4.27. The minimum atomic E-state index is -0.705. The van der Waals surface area contributed by atoms with Gasteiger partial charge in [0.2, 0.25) is 6.10 Å². The lowest BCUT2D eigenvalue weighted by Crippen LogP contribution is -2.38. The molecule has 0 saturated heterocycles. The third-order valence-electron chi connectivity index (χ3n) is 2.99. The van der Waals surface area contributed by atoms with Crippen LogP contribution in [0.25, 0.3) is 0 Å². The van der Waals surface area contributed by atoms with E-state index >= 15 is 0 Å². The Labute approximate surface area is 134 Å². The normalized spacial score (nSPS) is 16.8. The van der Waals surface area contributed by atoms with Crippen LogP contribution in [0.1, 0.15) is 11.3 Å². The first-order chi connectivity index (χ1) is 10.6. The molecular weight excluding hydrogens is 329 g/mol. The smallest absolute Gasteiger partial charge is 0.282 e. The van der Waals surface area contributed by atoms with Gasteiger partial charge >= 0.3 is 0 Å². The van der Waals surface area contributed by atoms with E-state index in [1.54, 1.807) is 6.07 Å². The molecule has 0 saturated carbocycles. The molecule has 2 aromatic rings. The summed E-state index contributed by atoms with van der Waals surface area (Å²) in [5.41, 5.74) is 6.46. The minimum absolute atomic E-state index is 0.344. The van der Waals surface area contributed by atoms with E-state index in [2.05, 4.69) is 16.0 Å². The van der Waals surface area contributed by atoms with Crippen molar-refractivity contribution >= 4 is 40.2 Å². The SMILES string of the molecule is O=C(NNc1ccc(F)cc1)[C@H]1CC(c2ccc(Cl)s2)=NO1. The number of anilines is 1. The molecular formula is C14H11ClFN3O2S. The molecule has 1 aliphatic rings. The lowest BCUT2D eigenvalue weighted by molar-refractivity contribution is -0.130. The van der Waals surface area contributed by atoms with Crippen LogP contribution in [-0.2, 0) is 9.63 Å². The second-order valence-corrected chi connectivity index (χ2v) is 6.28. The van der Waals surface area contributed by atoms with Gasteiger partial charge in [-0.3, -0.25) is 15.6 Å². The maximum absolute atomic E-state index is 12.8. The molecule has 1 amide bonds.